The van der Waals surface area contributed by atoms with Crippen molar-refractivity contribution in [3.63, 3.8) is 0 Å². The van der Waals surface area contributed by atoms with E-state index in [0.29, 0.717) is 72.6 Å². The minimum atomic E-state index is -0.416. The maximum absolute atomic E-state index is 13.5. The predicted molar refractivity (Wildman–Crippen MR) is 154 cm³/mol. The van der Waals surface area contributed by atoms with Gasteiger partial charge in [-0.05, 0) is 37.6 Å². The number of hydrogen-bond donors (Lipinski definition) is 1. The molecular formula is C28H30FN9O2S. The van der Waals surface area contributed by atoms with E-state index < -0.39 is 6.10 Å². The zero-order valence-corrected chi connectivity index (χ0v) is 23.9. The maximum atomic E-state index is 13.5. The third-order valence-corrected chi connectivity index (χ3v) is 8.63. The highest BCUT2D eigenvalue weighted by Gasteiger charge is 2.33. The summed E-state index contributed by atoms with van der Waals surface area (Å²) in [5.41, 5.74) is 4.46. The standard InChI is InChI=1S/C28H30FN9O2S/c1-4-21-25(34(3)27-32-24(22(14-30)41-27)18-5-7-19(29)8-6-18)26-31-23(13-17(2)38(26)33-21)35-9-11-36(12-10-35)28(40)37-15-20(39)16-37/h5-8,13,20,39H,4,9-12,15-16H2,1-3H3. The number of β-amino-alcohol motifs (C(OH)–C–C–N with tert-alkyl or cyclic N) is 1. The Kier molecular flexibility index (Phi) is 6.96. The first-order valence-corrected chi connectivity index (χ1v) is 14.4. The number of carbonyl (C=O) groups excluding carboxylic acids is 1. The molecule has 1 aromatic carbocycles. The Morgan fingerprint density at radius 2 is 1.88 bits per heavy atom. The van der Waals surface area contributed by atoms with E-state index in [2.05, 4.69) is 11.0 Å². The average molecular weight is 576 g/mol. The van der Waals surface area contributed by atoms with Crippen LogP contribution in [0.4, 0.5) is 25.8 Å². The van der Waals surface area contributed by atoms with Crippen LogP contribution >= 0.6 is 11.3 Å². The molecule has 5 heterocycles. The Labute approximate surface area is 240 Å². The Morgan fingerprint density at radius 1 is 1.17 bits per heavy atom. The summed E-state index contributed by atoms with van der Waals surface area (Å²) in [6, 6.07) is 10.2. The summed E-state index contributed by atoms with van der Waals surface area (Å²) in [7, 11) is 1.89. The Hall–Kier alpha value is -4.28. The van der Waals surface area contributed by atoms with Crippen LogP contribution in [0.25, 0.3) is 16.9 Å². The lowest BCUT2D eigenvalue weighted by Gasteiger charge is -2.42. The Morgan fingerprint density at radius 3 is 2.51 bits per heavy atom. The fourth-order valence-electron chi connectivity index (χ4n) is 5.29. The lowest BCUT2D eigenvalue weighted by Crippen LogP contribution is -2.60. The number of piperazine rings is 1. The molecule has 11 nitrogen and oxygen atoms in total. The fraction of sp³-hybridized carbons (Fsp3) is 0.393. The van der Waals surface area contributed by atoms with Crippen LogP contribution in [0.15, 0.2) is 30.3 Å². The van der Waals surface area contributed by atoms with E-state index in [4.69, 9.17) is 15.1 Å². The first kappa shape index (κ1) is 26.9. The van der Waals surface area contributed by atoms with Gasteiger partial charge in [0.2, 0.25) is 0 Å². The Balaban J connectivity index is 1.30. The second-order valence-corrected chi connectivity index (χ2v) is 11.3. The largest absolute Gasteiger partial charge is 0.389 e. The third kappa shape index (κ3) is 4.83. The normalized spacial score (nSPS) is 15.8. The van der Waals surface area contributed by atoms with E-state index in [9.17, 15) is 19.6 Å². The highest BCUT2D eigenvalue weighted by Crippen LogP contribution is 2.38. The van der Waals surface area contributed by atoms with Gasteiger partial charge in [-0.25, -0.2) is 23.7 Å². The van der Waals surface area contributed by atoms with Crippen LogP contribution in [-0.4, -0.2) is 92.9 Å². The molecule has 212 valence electrons. The number of nitrogens with zero attached hydrogens (tertiary/aromatic N) is 9. The molecule has 0 atom stereocenters. The van der Waals surface area contributed by atoms with Crippen LogP contribution in [0.1, 0.15) is 23.2 Å². The molecule has 0 aliphatic carbocycles. The van der Waals surface area contributed by atoms with Crippen molar-refractivity contribution in [2.24, 2.45) is 0 Å². The van der Waals surface area contributed by atoms with Gasteiger partial charge in [0.25, 0.3) is 0 Å². The number of carbonyl (C=O) groups is 1. The van der Waals surface area contributed by atoms with Crippen molar-refractivity contribution in [1.29, 1.82) is 5.26 Å². The molecule has 2 fully saturated rings. The van der Waals surface area contributed by atoms with Crippen LogP contribution in [0.2, 0.25) is 0 Å². The Bertz CT molecular complexity index is 1650. The molecule has 2 amide bonds. The van der Waals surface area contributed by atoms with Crippen molar-refractivity contribution in [3.05, 3.63) is 52.4 Å². The third-order valence-electron chi connectivity index (χ3n) is 7.60. The number of urea groups is 1. The molecule has 2 aliphatic rings. The molecular weight excluding hydrogens is 545 g/mol. The van der Waals surface area contributed by atoms with Crippen molar-refractivity contribution >= 4 is 39.7 Å². The second kappa shape index (κ2) is 10.6. The van der Waals surface area contributed by atoms with Gasteiger partial charge >= 0.3 is 6.03 Å². The topological polar surface area (TPSA) is 117 Å². The summed E-state index contributed by atoms with van der Waals surface area (Å²) in [6.07, 6.45) is 0.256. The van der Waals surface area contributed by atoms with Crippen LogP contribution < -0.4 is 9.80 Å². The number of rotatable bonds is 5. The lowest BCUT2D eigenvalue weighted by molar-refractivity contribution is 0.0145. The summed E-state index contributed by atoms with van der Waals surface area (Å²) in [4.78, 5) is 30.6. The van der Waals surface area contributed by atoms with E-state index in [1.807, 2.05) is 41.3 Å². The molecule has 13 heteroatoms. The molecule has 1 N–H and O–H groups in total. The van der Waals surface area contributed by atoms with Crippen molar-refractivity contribution in [2.75, 3.05) is 56.1 Å². The number of hydrogen-bond acceptors (Lipinski definition) is 9. The van der Waals surface area contributed by atoms with Crippen LogP contribution in [-0.2, 0) is 6.42 Å². The van der Waals surface area contributed by atoms with Crippen LogP contribution in [0, 0.1) is 24.1 Å². The number of thiazole rings is 1. The molecule has 41 heavy (non-hydrogen) atoms. The van der Waals surface area contributed by atoms with E-state index in [0.717, 1.165) is 22.9 Å². The molecule has 4 aromatic rings. The maximum Gasteiger partial charge on any atom is 0.320 e. The van der Waals surface area contributed by atoms with Crippen molar-refractivity contribution in [2.45, 2.75) is 26.4 Å². The number of nitriles is 1. The number of aromatic nitrogens is 4. The summed E-state index contributed by atoms with van der Waals surface area (Å²) in [6.45, 7) is 7.26. The summed E-state index contributed by atoms with van der Waals surface area (Å²) in [5, 5.41) is 24.8. The van der Waals surface area contributed by atoms with Crippen molar-refractivity contribution in [1.82, 2.24) is 29.4 Å². The van der Waals surface area contributed by atoms with E-state index >= 15 is 0 Å². The number of aliphatic hydroxyl groups excluding tert-OH is 1. The molecule has 0 saturated carbocycles. The van der Waals surface area contributed by atoms with Gasteiger partial charge in [0.05, 0.1) is 24.9 Å². The first-order chi connectivity index (χ1) is 19.8. The quantitative estimate of drug-likeness (QED) is 0.385. The number of amides is 2. The number of halogens is 1. The van der Waals surface area contributed by atoms with E-state index in [1.165, 1.54) is 23.5 Å². The zero-order valence-electron chi connectivity index (χ0n) is 23.1. The summed E-state index contributed by atoms with van der Waals surface area (Å²) >= 11 is 1.27. The summed E-state index contributed by atoms with van der Waals surface area (Å²) in [5.74, 6) is 0.461. The number of fused-ring (bicyclic) bond motifs is 1. The fourth-order valence-corrected chi connectivity index (χ4v) is 6.14. The number of aryl methyl sites for hydroxylation is 2. The monoisotopic (exact) mass is 575 g/mol. The van der Waals surface area contributed by atoms with Gasteiger partial charge in [-0.2, -0.15) is 10.4 Å². The molecule has 2 saturated heterocycles. The lowest BCUT2D eigenvalue weighted by atomic mass is 10.1. The minimum Gasteiger partial charge on any atom is -0.389 e. The molecule has 0 unspecified atom stereocenters. The van der Waals surface area contributed by atoms with Crippen LogP contribution in [0.5, 0.6) is 0 Å². The number of aliphatic hydroxyl groups is 1. The van der Waals surface area contributed by atoms with Gasteiger partial charge in [-0.3, -0.25) is 0 Å². The number of anilines is 3. The van der Waals surface area contributed by atoms with E-state index in [1.54, 1.807) is 17.0 Å². The highest BCUT2D eigenvalue weighted by molar-refractivity contribution is 7.16. The van der Waals surface area contributed by atoms with Gasteiger partial charge in [0.15, 0.2) is 10.8 Å². The number of likely N-dealkylation sites (tertiary alicyclic amines) is 1. The smallest absolute Gasteiger partial charge is 0.320 e. The molecule has 0 bridgehead atoms. The number of benzene rings is 1. The highest BCUT2D eigenvalue weighted by atomic mass is 32.1. The van der Waals surface area contributed by atoms with Gasteiger partial charge < -0.3 is 24.7 Å². The van der Waals surface area contributed by atoms with E-state index in [-0.39, 0.29) is 11.8 Å². The van der Waals surface area contributed by atoms with Gasteiger partial charge in [-0.15, -0.1) is 0 Å². The van der Waals surface area contributed by atoms with Crippen LogP contribution in [0.3, 0.4) is 0 Å². The van der Waals surface area contributed by atoms with Crippen molar-refractivity contribution < 1.29 is 14.3 Å². The minimum absolute atomic E-state index is 0.0259. The predicted octanol–water partition coefficient (Wildman–Crippen LogP) is 3.42. The molecule has 0 spiro atoms. The SMILES string of the molecule is CCc1nn2c(C)cc(N3CCN(C(=O)N4CC(O)C4)CC3)nc2c1N(C)c1nc(-c2ccc(F)cc2)c(C#N)s1. The summed E-state index contributed by atoms with van der Waals surface area (Å²) < 4.78 is 15.3. The van der Waals surface area contributed by atoms with Gasteiger partial charge in [0.1, 0.15) is 34.0 Å². The molecule has 0 radical (unpaired) electrons. The first-order valence-electron chi connectivity index (χ1n) is 13.5. The molecule has 3 aromatic heterocycles. The average Bonchev–Trinajstić information content (AvgIpc) is 3.57. The van der Waals surface area contributed by atoms with Crippen molar-refractivity contribution in [3.8, 4) is 17.3 Å². The molecule has 6 rings (SSSR count). The molecule has 2 aliphatic heterocycles. The zero-order chi connectivity index (χ0) is 28.8. The van der Waals surface area contributed by atoms with Gasteiger partial charge in [0, 0.05) is 50.6 Å². The second-order valence-electron chi connectivity index (χ2n) is 10.3. The van der Waals surface area contributed by atoms with Gasteiger partial charge in [-0.1, -0.05) is 18.3 Å².